The lowest BCUT2D eigenvalue weighted by Crippen LogP contribution is -2.29. The largest absolute Gasteiger partial charge is 0.465 e. The highest BCUT2D eigenvalue weighted by molar-refractivity contribution is 5.68. The van der Waals surface area contributed by atoms with Gasteiger partial charge in [0.05, 0.1) is 0 Å². The van der Waals surface area contributed by atoms with Gasteiger partial charge in [0.2, 0.25) is 0 Å². The lowest BCUT2D eigenvalue weighted by atomic mass is 10.3. The monoisotopic (exact) mass is 155 g/mol. The lowest BCUT2D eigenvalue weighted by molar-refractivity contribution is -0.109. The number of hydrogen-bond acceptors (Lipinski definition) is 2. The molecule has 1 aliphatic carbocycles. The standard InChI is InChI=1S/C7H9NO3/c9-3-6-4-1-8(7(10)11)2-5(4)6/h3-6H,1-2H2,(H,10,11)/t4-,5?,6-/m0/s1. The first-order valence-corrected chi connectivity index (χ1v) is 3.67. The summed E-state index contributed by atoms with van der Waals surface area (Å²) in [5.41, 5.74) is 0. The summed E-state index contributed by atoms with van der Waals surface area (Å²) in [7, 11) is 0. The minimum Gasteiger partial charge on any atom is -0.465 e. The van der Waals surface area contributed by atoms with Crippen molar-refractivity contribution in [1.82, 2.24) is 4.90 Å². The van der Waals surface area contributed by atoms with Gasteiger partial charge in [0.1, 0.15) is 6.29 Å². The summed E-state index contributed by atoms with van der Waals surface area (Å²) < 4.78 is 0. The molecule has 0 aromatic rings. The van der Waals surface area contributed by atoms with Crippen LogP contribution in [0.15, 0.2) is 0 Å². The van der Waals surface area contributed by atoms with E-state index in [0.29, 0.717) is 24.9 Å². The Morgan fingerprint density at radius 1 is 1.45 bits per heavy atom. The van der Waals surface area contributed by atoms with Crippen molar-refractivity contribution in [3.05, 3.63) is 0 Å². The van der Waals surface area contributed by atoms with Crippen LogP contribution in [0.4, 0.5) is 4.79 Å². The molecule has 0 aromatic heterocycles. The second-order valence-corrected chi connectivity index (χ2v) is 3.23. The molecule has 4 heteroatoms. The van der Waals surface area contributed by atoms with Crippen LogP contribution in [0.3, 0.4) is 0 Å². The number of rotatable bonds is 1. The number of carbonyl (C=O) groups is 2. The Morgan fingerprint density at radius 3 is 2.36 bits per heavy atom. The molecule has 0 bridgehead atoms. The van der Waals surface area contributed by atoms with Gasteiger partial charge in [0.25, 0.3) is 0 Å². The van der Waals surface area contributed by atoms with Crippen molar-refractivity contribution in [1.29, 1.82) is 0 Å². The predicted octanol–water partition coefficient (Wildman–Crippen LogP) is 0.0411. The Bertz CT molecular complexity index is 204. The molecule has 0 aromatic carbocycles. The van der Waals surface area contributed by atoms with E-state index >= 15 is 0 Å². The predicted molar refractivity (Wildman–Crippen MR) is 36.1 cm³/mol. The molecule has 2 fully saturated rings. The first-order valence-electron chi connectivity index (χ1n) is 3.67. The van der Waals surface area contributed by atoms with Crippen LogP contribution in [0.5, 0.6) is 0 Å². The summed E-state index contributed by atoms with van der Waals surface area (Å²) >= 11 is 0. The fourth-order valence-electron chi connectivity index (χ4n) is 1.93. The van der Waals surface area contributed by atoms with Crippen LogP contribution >= 0.6 is 0 Å². The molecule has 11 heavy (non-hydrogen) atoms. The van der Waals surface area contributed by atoms with Crippen LogP contribution in [-0.2, 0) is 4.79 Å². The highest BCUT2D eigenvalue weighted by Crippen LogP contribution is 2.50. The normalized spacial score (nSPS) is 40.0. The molecule has 1 amide bonds. The van der Waals surface area contributed by atoms with E-state index in [1.807, 2.05) is 0 Å². The molecule has 2 aliphatic rings. The summed E-state index contributed by atoms with van der Waals surface area (Å²) in [4.78, 5) is 22.1. The van der Waals surface area contributed by atoms with Crippen LogP contribution in [0.25, 0.3) is 0 Å². The van der Waals surface area contributed by atoms with E-state index in [1.165, 1.54) is 4.90 Å². The van der Waals surface area contributed by atoms with Crippen LogP contribution < -0.4 is 0 Å². The molecule has 1 saturated heterocycles. The fourth-order valence-corrected chi connectivity index (χ4v) is 1.93. The smallest absolute Gasteiger partial charge is 0.407 e. The number of nitrogens with zero attached hydrogens (tertiary/aromatic N) is 1. The maximum atomic E-state index is 10.4. The van der Waals surface area contributed by atoms with Crippen molar-refractivity contribution < 1.29 is 14.7 Å². The Labute approximate surface area is 63.8 Å². The number of amides is 1. The third-order valence-electron chi connectivity index (χ3n) is 2.69. The SMILES string of the molecule is O=C[C@@H]1C2CN(C(=O)O)C[C@@H]21. The van der Waals surface area contributed by atoms with Gasteiger partial charge < -0.3 is 14.8 Å². The second kappa shape index (κ2) is 1.96. The Kier molecular flexibility index (Phi) is 1.19. The number of piperidine rings is 1. The zero-order valence-electron chi connectivity index (χ0n) is 5.93. The maximum absolute atomic E-state index is 10.4. The van der Waals surface area contributed by atoms with Gasteiger partial charge in [-0.3, -0.25) is 0 Å². The Hall–Kier alpha value is -1.06. The summed E-state index contributed by atoms with van der Waals surface area (Å²) in [5.74, 6) is 0.831. The highest BCUT2D eigenvalue weighted by Gasteiger charge is 2.56. The van der Waals surface area contributed by atoms with Gasteiger partial charge in [0.15, 0.2) is 0 Å². The van der Waals surface area contributed by atoms with Crippen molar-refractivity contribution in [3.63, 3.8) is 0 Å². The third kappa shape index (κ3) is 0.818. The zero-order valence-corrected chi connectivity index (χ0v) is 5.93. The zero-order chi connectivity index (χ0) is 8.01. The van der Waals surface area contributed by atoms with Crippen LogP contribution in [0, 0.1) is 17.8 Å². The molecule has 0 radical (unpaired) electrons. The Morgan fingerprint density at radius 2 is 2.00 bits per heavy atom. The molecule has 60 valence electrons. The van der Waals surface area contributed by atoms with Gasteiger partial charge in [-0.1, -0.05) is 0 Å². The number of carboxylic acid groups (broad SMARTS) is 1. The number of fused-ring (bicyclic) bond motifs is 1. The maximum Gasteiger partial charge on any atom is 0.407 e. The van der Waals surface area contributed by atoms with Gasteiger partial charge in [-0.05, 0) is 11.8 Å². The third-order valence-corrected chi connectivity index (χ3v) is 2.69. The van der Waals surface area contributed by atoms with Gasteiger partial charge in [-0.2, -0.15) is 0 Å². The quantitative estimate of drug-likeness (QED) is 0.544. The van der Waals surface area contributed by atoms with Gasteiger partial charge in [-0.25, -0.2) is 4.79 Å². The van der Waals surface area contributed by atoms with E-state index in [0.717, 1.165) is 6.29 Å². The van der Waals surface area contributed by atoms with Crippen molar-refractivity contribution in [3.8, 4) is 0 Å². The fraction of sp³-hybridized carbons (Fsp3) is 0.714. The molecule has 1 aliphatic heterocycles. The number of carbonyl (C=O) groups excluding carboxylic acids is 1. The average Bonchev–Trinajstić information content (AvgIpc) is 2.41. The van der Waals surface area contributed by atoms with E-state index in [-0.39, 0.29) is 5.92 Å². The summed E-state index contributed by atoms with van der Waals surface area (Å²) in [6.07, 6.45) is 0.0935. The van der Waals surface area contributed by atoms with Gasteiger partial charge in [0, 0.05) is 19.0 Å². The average molecular weight is 155 g/mol. The van der Waals surface area contributed by atoms with E-state index in [9.17, 15) is 9.59 Å². The lowest BCUT2D eigenvalue weighted by Gasteiger charge is -2.13. The first kappa shape index (κ1) is 6.64. The molecule has 2 rings (SSSR count). The molecule has 1 heterocycles. The van der Waals surface area contributed by atoms with Crippen LogP contribution in [0.1, 0.15) is 0 Å². The van der Waals surface area contributed by atoms with Crippen molar-refractivity contribution in [2.75, 3.05) is 13.1 Å². The number of hydrogen-bond donors (Lipinski definition) is 1. The van der Waals surface area contributed by atoms with Gasteiger partial charge >= 0.3 is 6.09 Å². The molecule has 0 spiro atoms. The molecule has 1 N–H and O–H groups in total. The summed E-state index contributed by atoms with van der Waals surface area (Å²) in [6, 6.07) is 0. The molecule has 1 saturated carbocycles. The second-order valence-electron chi connectivity index (χ2n) is 3.23. The van der Waals surface area contributed by atoms with E-state index in [4.69, 9.17) is 5.11 Å². The van der Waals surface area contributed by atoms with Crippen molar-refractivity contribution >= 4 is 12.4 Å². The minimum absolute atomic E-state index is 0.158. The highest BCUT2D eigenvalue weighted by atomic mass is 16.4. The Balaban J connectivity index is 1.94. The van der Waals surface area contributed by atoms with E-state index in [2.05, 4.69) is 0 Å². The molecular formula is C7H9NO3. The van der Waals surface area contributed by atoms with Crippen LogP contribution in [0.2, 0.25) is 0 Å². The number of likely N-dealkylation sites (tertiary alicyclic amines) is 1. The first-order chi connectivity index (χ1) is 5.24. The minimum atomic E-state index is -0.859. The molecule has 4 nitrogen and oxygen atoms in total. The van der Waals surface area contributed by atoms with E-state index in [1.54, 1.807) is 0 Å². The molecular weight excluding hydrogens is 146 g/mol. The molecule has 3 atom stereocenters. The van der Waals surface area contributed by atoms with Crippen LogP contribution in [-0.4, -0.2) is 35.5 Å². The number of aldehydes is 1. The van der Waals surface area contributed by atoms with Gasteiger partial charge in [-0.15, -0.1) is 0 Å². The summed E-state index contributed by atoms with van der Waals surface area (Å²) in [6.45, 7) is 1.12. The topological polar surface area (TPSA) is 57.6 Å². The molecule has 1 unspecified atom stereocenters. The van der Waals surface area contributed by atoms with Crippen molar-refractivity contribution in [2.24, 2.45) is 17.8 Å². The summed E-state index contributed by atoms with van der Waals surface area (Å²) in [5, 5.41) is 8.55. The van der Waals surface area contributed by atoms with Crippen molar-refractivity contribution in [2.45, 2.75) is 0 Å². The van der Waals surface area contributed by atoms with E-state index < -0.39 is 6.09 Å².